The number of hydrogen-bond acceptors (Lipinski definition) is 2. The molecular weight excluding hydrogens is 310 g/mol. The minimum absolute atomic E-state index is 0.773. The second-order valence-electron chi connectivity index (χ2n) is 6.05. The lowest BCUT2D eigenvalue weighted by atomic mass is 10.1. The maximum Gasteiger partial charge on any atom is 0.191 e. The van der Waals surface area contributed by atoms with Crippen LogP contribution in [0.1, 0.15) is 25.0 Å². The Bertz CT molecular complexity index is 629. The summed E-state index contributed by atoms with van der Waals surface area (Å²) in [4.78, 5) is 6.72. The van der Waals surface area contributed by atoms with E-state index in [0.717, 1.165) is 45.2 Å². The number of guanidine groups is 1. The van der Waals surface area contributed by atoms with Gasteiger partial charge in [-0.1, -0.05) is 38.1 Å². The van der Waals surface area contributed by atoms with Crippen LogP contribution in [-0.4, -0.2) is 42.1 Å². The molecule has 5 heteroatoms. The molecule has 1 heterocycles. The number of rotatable bonds is 9. The van der Waals surface area contributed by atoms with Crippen molar-refractivity contribution >= 4 is 5.96 Å². The number of benzene rings is 1. The molecule has 2 rings (SSSR count). The van der Waals surface area contributed by atoms with E-state index in [4.69, 9.17) is 0 Å². The molecule has 2 N–H and O–H groups in total. The highest BCUT2D eigenvalue weighted by Crippen LogP contribution is 2.08. The molecule has 0 saturated heterocycles. The van der Waals surface area contributed by atoms with Crippen LogP contribution >= 0.6 is 0 Å². The predicted molar refractivity (Wildman–Crippen MR) is 106 cm³/mol. The summed E-state index contributed by atoms with van der Waals surface area (Å²) in [5.41, 5.74) is 2.64. The zero-order valence-electron chi connectivity index (χ0n) is 15.7. The molecule has 0 aliphatic rings. The Balaban J connectivity index is 1.80. The Morgan fingerprint density at radius 2 is 1.76 bits per heavy atom. The number of aromatic nitrogens is 1. The molecule has 0 amide bonds. The van der Waals surface area contributed by atoms with Crippen molar-refractivity contribution in [2.45, 2.75) is 33.5 Å². The predicted octanol–water partition coefficient (Wildman–Crippen LogP) is 2.70. The van der Waals surface area contributed by atoms with Crippen molar-refractivity contribution < 1.29 is 0 Å². The van der Waals surface area contributed by atoms with Crippen molar-refractivity contribution in [1.82, 2.24) is 20.1 Å². The average molecular weight is 342 g/mol. The van der Waals surface area contributed by atoms with Gasteiger partial charge in [0.25, 0.3) is 0 Å². The average Bonchev–Trinajstić information content (AvgIpc) is 3.16. The Morgan fingerprint density at radius 1 is 1.04 bits per heavy atom. The Hall–Kier alpha value is -2.27. The van der Waals surface area contributed by atoms with Crippen molar-refractivity contribution in [1.29, 1.82) is 0 Å². The van der Waals surface area contributed by atoms with Gasteiger partial charge in [0.1, 0.15) is 0 Å². The molecular formula is C20H31N5. The molecule has 0 aliphatic heterocycles. The SMILES string of the molecule is CCN(CC)Cc1cccc(CNC(=NC)NCCn2cccc2)c1. The summed E-state index contributed by atoms with van der Waals surface area (Å²) >= 11 is 0. The summed E-state index contributed by atoms with van der Waals surface area (Å²) in [7, 11) is 1.81. The maximum atomic E-state index is 4.30. The van der Waals surface area contributed by atoms with Gasteiger partial charge < -0.3 is 15.2 Å². The van der Waals surface area contributed by atoms with Crippen LogP contribution in [0.2, 0.25) is 0 Å². The first-order chi connectivity index (χ1) is 12.2. The highest BCUT2D eigenvalue weighted by molar-refractivity contribution is 5.79. The molecule has 0 bridgehead atoms. The topological polar surface area (TPSA) is 44.6 Å². The third kappa shape index (κ3) is 6.63. The van der Waals surface area contributed by atoms with Crippen molar-refractivity contribution in [2.24, 2.45) is 4.99 Å². The largest absolute Gasteiger partial charge is 0.355 e. The highest BCUT2D eigenvalue weighted by Gasteiger charge is 2.03. The Labute approximate surface area is 151 Å². The van der Waals surface area contributed by atoms with E-state index in [2.05, 4.69) is 75.6 Å². The molecule has 0 unspecified atom stereocenters. The van der Waals surface area contributed by atoms with E-state index < -0.39 is 0 Å². The van der Waals surface area contributed by atoms with Crippen LogP contribution in [0.4, 0.5) is 0 Å². The van der Waals surface area contributed by atoms with E-state index in [1.54, 1.807) is 0 Å². The van der Waals surface area contributed by atoms with E-state index in [-0.39, 0.29) is 0 Å². The molecule has 0 radical (unpaired) electrons. The molecule has 5 nitrogen and oxygen atoms in total. The zero-order chi connectivity index (χ0) is 17.9. The second-order valence-corrected chi connectivity index (χ2v) is 6.05. The molecule has 0 fully saturated rings. The first-order valence-electron chi connectivity index (χ1n) is 9.10. The summed E-state index contributed by atoms with van der Waals surface area (Å²) in [6, 6.07) is 12.9. The van der Waals surface area contributed by atoms with Crippen LogP contribution in [0, 0.1) is 0 Å². The second kappa shape index (κ2) is 10.6. The molecule has 1 aromatic carbocycles. The van der Waals surface area contributed by atoms with Crippen LogP contribution < -0.4 is 10.6 Å². The van der Waals surface area contributed by atoms with E-state index in [1.807, 2.05) is 19.2 Å². The van der Waals surface area contributed by atoms with Gasteiger partial charge >= 0.3 is 0 Å². The van der Waals surface area contributed by atoms with Gasteiger partial charge in [0.2, 0.25) is 0 Å². The summed E-state index contributed by atoms with van der Waals surface area (Å²) in [5.74, 6) is 0.835. The lowest BCUT2D eigenvalue weighted by molar-refractivity contribution is 0.296. The van der Waals surface area contributed by atoms with Crippen molar-refractivity contribution in [3.8, 4) is 0 Å². The summed E-state index contributed by atoms with van der Waals surface area (Å²) in [6.07, 6.45) is 4.14. The van der Waals surface area contributed by atoms with Gasteiger partial charge in [-0.2, -0.15) is 0 Å². The molecule has 1 aromatic heterocycles. The third-order valence-electron chi connectivity index (χ3n) is 4.30. The fraction of sp³-hybridized carbons (Fsp3) is 0.450. The van der Waals surface area contributed by atoms with Gasteiger partial charge in [0.05, 0.1) is 0 Å². The Morgan fingerprint density at radius 3 is 2.44 bits per heavy atom. The van der Waals surface area contributed by atoms with Crippen LogP contribution in [0.3, 0.4) is 0 Å². The van der Waals surface area contributed by atoms with Gasteiger partial charge in [-0.05, 0) is 36.3 Å². The Kier molecular flexibility index (Phi) is 8.05. The van der Waals surface area contributed by atoms with Crippen molar-refractivity contribution in [3.05, 3.63) is 59.9 Å². The van der Waals surface area contributed by atoms with E-state index in [0.29, 0.717) is 0 Å². The van der Waals surface area contributed by atoms with Gasteiger partial charge in [0.15, 0.2) is 5.96 Å². The minimum atomic E-state index is 0.773. The molecule has 0 atom stereocenters. The van der Waals surface area contributed by atoms with E-state index in [9.17, 15) is 0 Å². The van der Waals surface area contributed by atoms with Gasteiger partial charge in [-0.25, -0.2) is 0 Å². The number of aliphatic imine (C=N–C) groups is 1. The fourth-order valence-electron chi connectivity index (χ4n) is 2.77. The zero-order valence-corrected chi connectivity index (χ0v) is 15.7. The number of nitrogens with one attached hydrogen (secondary N) is 2. The highest BCUT2D eigenvalue weighted by atomic mass is 15.2. The van der Waals surface area contributed by atoms with Crippen LogP contribution in [0.15, 0.2) is 53.8 Å². The van der Waals surface area contributed by atoms with Gasteiger partial charge in [0, 0.05) is 45.6 Å². The molecule has 0 saturated carbocycles. The fourth-order valence-corrected chi connectivity index (χ4v) is 2.77. The first kappa shape index (κ1) is 19.1. The van der Waals surface area contributed by atoms with Crippen LogP contribution in [0.25, 0.3) is 0 Å². The number of hydrogen-bond donors (Lipinski definition) is 2. The third-order valence-corrected chi connectivity index (χ3v) is 4.30. The smallest absolute Gasteiger partial charge is 0.191 e. The van der Waals surface area contributed by atoms with Gasteiger partial charge in [-0.3, -0.25) is 9.89 Å². The van der Waals surface area contributed by atoms with Gasteiger partial charge in [-0.15, -0.1) is 0 Å². The monoisotopic (exact) mass is 341 g/mol. The quantitative estimate of drug-likeness (QED) is 0.544. The maximum absolute atomic E-state index is 4.30. The molecule has 0 spiro atoms. The van der Waals surface area contributed by atoms with Crippen LogP contribution in [-0.2, 0) is 19.6 Å². The summed E-state index contributed by atoms with van der Waals surface area (Å²) < 4.78 is 2.15. The first-order valence-corrected chi connectivity index (χ1v) is 9.10. The van der Waals surface area contributed by atoms with Crippen molar-refractivity contribution in [3.63, 3.8) is 0 Å². The summed E-state index contributed by atoms with van der Waals surface area (Å²) in [5, 5.41) is 6.74. The standard InChI is InChI=1S/C20H31N5/c1-4-24(5-2)17-19-10-8-9-18(15-19)16-23-20(21-3)22-11-14-25-12-6-7-13-25/h6-10,12-13,15H,4-5,11,14,16-17H2,1-3H3,(H2,21,22,23). The minimum Gasteiger partial charge on any atom is -0.355 e. The van der Waals surface area contributed by atoms with E-state index in [1.165, 1.54) is 11.1 Å². The van der Waals surface area contributed by atoms with E-state index >= 15 is 0 Å². The molecule has 2 aromatic rings. The molecule has 136 valence electrons. The van der Waals surface area contributed by atoms with Crippen molar-refractivity contribution in [2.75, 3.05) is 26.7 Å². The van der Waals surface area contributed by atoms with Crippen LogP contribution in [0.5, 0.6) is 0 Å². The molecule has 0 aliphatic carbocycles. The normalized spacial score (nSPS) is 11.8. The summed E-state index contributed by atoms with van der Waals surface area (Å²) in [6.45, 7) is 10.1. The number of nitrogens with zero attached hydrogens (tertiary/aromatic N) is 3. The lowest BCUT2D eigenvalue weighted by Gasteiger charge is -2.18. The molecule has 25 heavy (non-hydrogen) atoms. The lowest BCUT2D eigenvalue weighted by Crippen LogP contribution is -2.38.